The van der Waals surface area contributed by atoms with Gasteiger partial charge >= 0.3 is 66.1 Å². The van der Waals surface area contributed by atoms with Crippen molar-refractivity contribution in [1.29, 1.82) is 0 Å². The van der Waals surface area contributed by atoms with Crippen LogP contribution in [0.15, 0.2) is 30.3 Å². The minimum atomic E-state index is -5.25. The van der Waals surface area contributed by atoms with Crippen molar-refractivity contribution in [3.8, 4) is 0 Å². The van der Waals surface area contributed by atoms with Crippen molar-refractivity contribution in [2.45, 2.75) is 6.92 Å². The van der Waals surface area contributed by atoms with E-state index in [4.69, 9.17) is 0 Å². The zero-order valence-corrected chi connectivity index (χ0v) is 15.3. The Morgan fingerprint density at radius 3 is 1.63 bits per heavy atom. The minimum Gasteiger partial charge on any atom is -0.750 e. The van der Waals surface area contributed by atoms with Gasteiger partial charge in [0.1, 0.15) is 0 Å². The molecular weight excluding hydrogens is 445 g/mol. The van der Waals surface area contributed by atoms with Crippen molar-refractivity contribution in [2.75, 3.05) is 0 Å². The van der Waals surface area contributed by atoms with Crippen LogP contribution in [0.25, 0.3) is 0 Å². The van der Waals surface area contributed by atoms with Crippen molar-refractivity contribution in [3.63, 3.8) is 0 Å². The molecule has 0 spiro atoms. The van der Waals surface area contributed by atoms with Gasteiger partial charge in [-0.05, 0) is 16.1 Å². The molecule has 0 aliphatic heterocycles. The number of aryl methyl sites for hydroxylation is 1. The maximum atomic E-state index is 10.1. The van der Waals surface area contributed by atoms with Crippen LogP contribution in [0.1, 0.15) is 5.56 Å². The quantitative estimate of drug-likeness (QED) is 0.602. The Balaban J connectivity index is 0. The smallest absolute Gasteiger partial charge is 0.750 e. The molecule has 8 nitrogen and oxygen atoms in total. The van der Waals surface area contributed by atoms with E-state index in [1.807, 2.05) is 18.2 Å². The Morgan fingerprint density at radius 1 is 1.05 bits per heavy atom. The molecule has 0 amide bonds. The van der Waals surface area contributed by atoms with Crippen molar-refractivity contribution in [3.05, 3.63) is 35.9 Å². The summed E-state index contributed by atoms with van der Waals surface area (Å²) >= 11 is 0. The van der Waals surface area contributed by atoms with E-state index < -0.39 is 24.3 Å². The Hall–Kier alpha value is 0.827. The summed E-state index contributed by atoms with van der Waals surface area (Å²) in [5.41, 5.74) is 1.32. The van der Waals surface area contributed by atoms with E-state index in [0.29, 0.717) is 0 Å². The third-order valence-corrected chi connectivity index (χ3v) is 3.94. The van der Waals surface area contributed by atoms with Crippen molar-refractivity contribution >= 4 is 24.3 Å². The first kappa shape index (κ1) is 22.1. The van der Waals surface area contributed by atoms with Gasteiger partial charge < -0.3 is 14.7 Å². The van der Waals surface area contributed by atoms with Crippen molar-refractivity contribution in [1.82, 2.24) is 0 Å². The molecule has 0 aromatic heterocycles. The van der Waals surface area contributed by atoms with Gasteiger partial charge in [-0.15, -0.1) is 0 Å². The molecule has 0 aliphatic carbocycles. The second-order valence-electron chi connectivity index (χ2n) is 2.71. The summed E-state index contributed by atoms with van der Waals surface area (Å²) in [6.45, 7) is 2.08. The summed E-state index contributed by atoms with van der Waals surface area (Å²) in [6.07, 6.45) is 0. The van der Waals surface area contributed by atoms with Gasteiger partial charge in [-0.1, -0.05) is 44.5 Å². The number of benzene rings is 1. The molecule has 1 rings (SSSR count). The molecule has 0 heterocycles. The monoisotopic (exact) mass is 453 g/mol. The van der Waals surface area contributed by atoms with Crippen LogP contribution in [0.2, 0.25) is 0 Å². The normalized spacial score (nSPS) is 14.1. The fourth-order valence-electron chi connectivity index (χ4n) is 0.713. The molecule has 0 bridgehead atoms. The molecule has 0 saturated carbocycles. The third kappa shape index (κ3) is 15.0. The van der Waals surface area contributed by atoms with Crippen LogP contribution in [0.4, 0.5) is 0 Å². The van der Waals surface area contributed by atoms with E-state index >= 15 is 0 Å². The number of hydrogen-bond acceptors (Lipinski definition) is 8. The molecule has 0 aliphatic rings. The van der Waals surface area contributed by atoms with Gasteiger partial charge in [-0.2, -0.15) is 0 Å². The molecule has 1 aromatic carbocycles. The Morgan fingerprint density at radius 2 is 1.42 bits per heavy atom. The van der Waals surface area contributed by atoms with Crippen molar-refractivity contribution < 1.29 is 78.7 Å². The molecule has 1 aromatic rings. The van der Waals surface area contributed by atoms with E-state index in [9.17, 15) is 28.4 Å². The molecule has 101 valence electrons. The summed E-state index contributed by atoms with van der Waals surface area (Å²) in [5.74, 6) is 0. The number of hydrogen-bond donors (Lipinski definition) is 0. The van der Waals surface area contributed by atoms with Crippen molar-refractivity contribution in [2.24, 2.45) is 0 Å². The Kier molecular flexibility index (Phi) is 13.4. The molecule has 0 N–H and O–H groups in total. The summed E-state index contributed by atoms with van der Waals surface area (Å²) in [6, 6.07) is 10.3. The van der Waals surface area contributed by atoms with Gasteiger partial charge in [0.2, 0.25) is 0 Å². The average molecular weight is 453 g/mol. The van der Waals surface area contributed by atoms with Crippen LogP contribution in [-0.2, 0) is 22.3 Å². The maximum Gasteiger partial charge on any atom is 3.00 e. The molecular formula is C7H8CeO8P3+2. The zero-order valence-electron chi connectivity index (χ0n) is 9.49. The predicted octanol–water partition coefficient (Wildman–Crippen LogP) is 0.518. The standard InChI is InChI=1S/C7H8.Ce.HO8P3/c1-7-5-3-2-4-6-7;;1-9(2)7-11(5,6)8-10(3)4/h2-6H,1H3;;(H,5,6)/q;+3;/p-1. The Labute approximate surface area is 145 Å². The zero-order chi connectivity index (χ0) is 14.2. The molecule has 0 saturated heterocycles. The third-order valence-electron chi connectivity index (χ3n) is 1.27. The molecule has 12 heteroatoms. The maximum absolute atomic E-state index is 10.1. The van der Waals surface area contributed by atoms with Gasteiger partial charge in [-0.3, -0.25) is 4.57 Å². The summed E-state index contributed by atoms with van der Waals surface area (Å²) in [7, 11) is -12.6. The predicted molar refractivity (Wildman–Crippen MR) is 56.2 cm³/mol. The molecule has 19 heavy (non-hydrogen) atoms. The van der Waals surface area contributed by atoms with Gasteiger partial charge in [0, 0.05) is 0 Å². The summed E-state index contributed by atoms with van der Waals surface area (Å²) in [5, 5.41) is 0. The topological polar surface area (TPSA) is 139 Å². The van der Waals surface area contributed by atoms with E-state index in [1.54, 1.807) is 0 Å². The van der Waals surface area contributed by atoms with Gasteiger partial charge in [0.15, 0.2) is 0 Å². The minimum absolute atomic E-state index is 0. The summed E-state index contributed by atoms with van der Waals surface area (Å²) in [4.78, 5) is 29.2. The van der Waals surface area contributed by atoms with E-state index in [-0.39, 0.29) is 41.7 Å². The first-order chi connectivity index (χ1) is 8.23. The fourth-order valence-corrected chi connectivity index (χ4v) is 2.41. The van der Waals surface area contributed by atoms with Gasteiger partial charge in [-0.25, -0.2) is 0 Å². The van der Waals surface area contributed by atoms with E-state index in [1.165, 1.54) is 5.56 Å². The van der Waals surface area contributed by atoms with Gasteiger partial charge in [0.05, 0.1) is 0 Å². The molecule has 2 atom stereocenters. The van der Waals surface area contributed by atoms with Crippen LogP contribution in [0.3, 0.4) is 0 Å². The second kappa shape index (κ2) is 11.5. The van der Waals surface area contributed by atoms with Crippen LogP contribution >= 0.6 is 24.3 Å². The van der Waals surface area contributed by atoms with Crippen LogP contribution in [0.5, 0.6) is 0 Å². The number of phosphoric acid groups is 1. The van der Waals surface area contributed by atoms with Crippen LogP contribution in [-0.4, -0.2) is 0 Å². The largest absolute Gasteiger partial charge is 3.00 e. The average Bonchev–Trinajstić information content (AvgIpc) is 2.14. The molecule has 2 unspecified atom stereocenters. The molecule has 1 radical (unpaired) electrons. The fraction of sp³-hybridized carbons (Fsp3) is 0.143. The SMILES string of the molecule is Cc1ccccc1.O=[P+]([O-])OP(=O)([O-])O[P+](=O)[O-].[Ce+3]. The van der Waals surface area contributed by atoms with E-state index in [0.717, 1.165) is 0 Å². The van der Waals surface area contributed by atoms with Gasteiger partial charge in [0.25, 0.3) is 0 Å². The van der Waals surface area contributed by atoms with Crippen LogP contribution in [0, 0.1) is 48.7 Å². The van der Waals surface area contributed by atoms with E-state index in [2.05, 4.69) is 27.7 Å². The number of rotatable bonds is 4. The second-order valence-corrected chi connectivity index (χ2v) is 5.81. The summed E-state index contributed by atoms with van der Waals surface area (Å²) < 4.78 is 35.4. The molecule has 0 fully saturated rings. The first-order valence-corrected chi connectivity index (χ1v) is 7.89. The Bertz CT molecular complexity index is 433. The first-order valence-electron chi connectivity index (χ1n) is 4.24. The van der Waals surface area contributed by atoms with Crippen LogP contribution < -0.4 is 14.7 Å².